The van der Waals surface area contributed by atoms with Crippen LogP contribution in [0.2, 0.25) is 0 Å². The molecular weight excluding hydrogens is 180 g/mol. The zero-order valence-corrected chi connectivity index (χ0v) is 8.46. The minimum Gasteiger partial charge on any atom is -0.396 e. The van der Waals surface area contributed by atoms with E-state index in [2.05, 4.69) is 6.92 Å². The van der Waals surface area contributed by atoms with Crippen molar-refractivity contribution in [3.63, 3.8) is 0 Å². The van der Waals surface area contributed by atoms with Gasteiger partial charge >= 0.3 is 0 Å². The van der Waals surface area contributed by atoms with E-state index in [1.54, 1.807) is 23.5 Å². The first-order valence-electron chi connectivity index (χ1n) is 3.72. The highest BCUT2D eigenvalue weighted by Crippen LogP contribution is 2.14. The van der Waals surface area contributed by atoms with Gasteiger partial charge in [0.15, 0.2) is 0 Å². The maximum absolute atomic E-state index is 8.52. The van der Waals surface area contributed by atoms with Crippen molar-refractivity contribution in [1.82, 2.24) is 0 Å². The number of aliphatic hydroxyl groups excluding tert-OH is 2. The zero-order chi connectivity index (χ0) is 8.53. The van der Waals surface area contributed by atoms with Crippen molar-refractivity contribution in [2.24, 2.45) is 0 Å². The minimum atomic E-state index is 0.264. The van der Waals surface area contributed by atoms with Gasteiger partial charge in [0.25, 0.3) is 0 Å². The fourth-order valence-corrected chi connectivity index (χ4v) is 2.42. The van der Waals surface area contributed by atoms with Crippen LogP contribution >= 0.6 is 23.5 Å². The van der Waals surface area contributed by atoms with Crippen molar-refractivity contribution in [3.8, 4) is 0 Å². The van der Waals surface area contributed by atoms with Crippen LogP contribution < -0.4 is 0 Å². The fraction of sp³-hybridized carbons (Fsp3) is 1.00. The van der Waals surface area contributed by atoms with E-state index in [0.717, 1.165) is 17.3 Å². The first kappa shape index (κ1) is 11.6. The molecule has 4 heteroatoms. The molecule has 1 atom stereocenters. The Labute approximate surface area is 76.8 Å². The molecule has 0 bridgehead atoms. The predicted molar refractivity (Wildman–Crippen MR) is 53.4 cm³/mol. The van der Waals surface area contributed by atoms with Crippen LogP contribution in [0.5, 0.6) is 0 Å². The Morgan fingerprint density at radius 3 is 2.36 bits per heavy atom. The van der Waals surface area contributed by atoms with Crippen molar-refractivity contribution in [1.29, 1.82) is 0 Å². The standard InChI is InChI=1S/C7H16O2S2/c1-7(11-5-3-9)6-10-4-2-8/h7-9H,2-6H2,1H3. The quantitative estimate of drug-likeness (QED) is 0.592. The Balaban J connectivity index is 3.02. The highest BCUT2D eigenvalue weighted by atomic mass is 32.2. The summed E-state index contributed by atoms with van der Waals surface area (Å²) in [6.45, 7) is 2.67. The average Bonchev–Trinajstić information content (AvgIpc) is 2.01. The lowest BCUT2D eigenvalue weighted by molar-refractivity contribution is 0.322. The van der Waals surface area contributed by atoms with E-state index >= 15 is 0 Å². The molecule has 0 rings (SSSR count). The molecule has 0 aliphatic heterocycles. The van der Waals surface area contributed by atoms with Crippen molar-refractivity contribution < 1.29 is 10.2 Å². The van der Waals surface area contributed by atoms with Crippen LogP contribution in [0.4, 0.5) is 0 Å². The molecule has 0 aromatic rings. The monoisotopic (exact) mass is 196 g/mol. The second-order valence-corrected chi connectivity index (χ2v) is 4.90. The van der Waals surface area contributed by atoms with Crippen LogP contribution in [0, 0.1) is 0 Å². The third-order valence-corrected chi connectivity index (χ3v) is 3.65. The van der Waals surface area contributed by atoms with Crippen molar-refractivity contribution in [2.75, 3.05) is 30.5 Å². The lowest BCUT2D eigenvalue weighted by atomic mass is 10.6. The number of rotatable bonds is 7. The van der Waals surface area contributed by atoms with E-state index in [1.807, 2.05) is 0 Å². The summed E-state index contributed by atoms with van der Waals surface area (Å²) in [6, 6.07) is 0. The summed E-state index contributed by atoms with van der Waals surface area (Å²) in [6.07, 6.45) is 0. The first-order valence-corrected chi connectivity index (χ1v) is 5.92. The third-order valence-electron chi connectivity index (χ3n) is 1.08. The van der Waals surface area contributed by atoms with Crippen molar-refractivity contribution >= 4 is 23.5 Å². The van der Waals surface area contributed by atoms with Crippen LogP contribution in [0.25, 0.3) is 0 Å². The van der Waals surface area contributed by atoms with Crippen molar-refractivity contribution in [3.05, 3.63) is 0 Å². The molecule has 0 saturated carbocycles. The molecule has 0 fully saturated rings. The molecule has 11 heavy (non-hydrogen) atoms. The Bertz CT molecular complexity index is 80.8. The van der Waals surface area contributed by atoms with Gasteiger partial charge in [0, 0.05) is 22.5 Å². The largest absolute Gasteiger partial charge is 0.396 e. The van der Waals surface area contributed by atoms with E-state index in [9.17, 15) is 0 Å². The van der Waals surface area contributed by atoms with E-state index < -0.39 is 0 Å². The van der Waals surface area contributed by atoms with Gasteiger partial charge in [-0.05, 0) is 0 Å². The molecule has 0 aromatic heterocycles. The Morgan fingerprint density at radius 1 is 1.18 bits per heavy atom. The summed E-state index contributed by atoms with van der Waals surface area (Å²) < 4.78 is 0. The predicted octanol–water partition coefficient (Wildman–Crippen LogP) is 0.826. The van der Waals surface area contributed by atoms with Crippen LogP contribution in [-0.4, -0.2) is 45.9 Å². The molecule has 0 aliphatic rings. The van der Waals surface area contributed by atoms with Gasteiger partial charge in [0.2, 0.25) is 0 Å². The van der Waals surface area contributed by atoms with Gasteiger partial charge in [0.1, 0.15) is 0 Å². The van der Waals surface area contributed by atoms with Gasteiger partial charge in [-0.2, -0.15) is 23.5 Å². The molecule has 0 aromatic carbocycles. The molecule has 0 heterocycles. The van der Waals surface area contributed by atoms with Gasteiger partial charge in [-0.25, -0.2) is 0 Å². The van der Waals surface area contributed by atoms with Crippen LogP contribution in [-0.2, 0) is 0 Å². The molecule has 2 nitrogen and oxygen atoms in total. The maximum Gasteiger partial charge on any atom is 0.0521 e. The van der Waals surface area contributed by atoms with Crippen molar-refractivity contribution in [2.45, 2.75) is 12.2 Å². The summed E-state index contributed by atoms with van der Waals surface area (Å²) >= 11 is 3.53. The van der Waals surface area contributed by atoms with Gasteiger partial charge in [-0.1, -0.05) is 6.92 Å². The Kier molecular flexibility index (Phi) is 9.21. The second kappa shape index (κ2) is 8.71. The highest BCUT2D eigenvalue weighted by Gasteiger charge is 2.00. The van der Waals surface area contributed by atoms with E-state index in [-0.39, 0.29) is 13.2 Å². The summed E-state index contributed by atoms with van der Waals surface area (Å²) in [5.41, 5.74) is 0. The average molecular weight is 196 g/mol. The van der Waals surface area contributed by atoms with Gasteiger partial charge < -0.3 is 10.2 Å². The molecular formula is C7H16O2S2. The van der Waals surface area contributed by atoms with E-state index in [1.165, 1.54) is 0 Å². The second-order valence-electron chi connectivity index (χ2n) is 2.20. The van der Waals surface area contributed by atoms with Crippen LogP contribution in [0.1, 0.15) is 6.92 Å². The van der Waals surface area contributed by atoms with Crippen LogP contribution in [0.3, 0.4) is 0 Å². The summed E-state index contributed by atoms with van der Waals surface area (Å²) in [4.78, 5) is 0. The Hall–Kier alpha value is 0.620. The zero-order valence-electron chi connectivity index (χ0n) is 6.82. The van der Waals surface area contributed by atoms with E-state index in [4.69, 9.17) is 10.2 Å². The van der Waals surface area contributed by atoms with Gasteiger partial charge in [0.05, 0.1) is 13.2 Å². The molecule has 0 radical (unpaired) electrons. The van der Waals surface area contributed by atoms with Gasteiger partial charge in [-0.3, -0.25) is 0 Å². The number of hydrogen-bond acceptors (Lipinski definition) is 4. The number of hydrogen-bond donors (Lipinski definition) is 2. The maximum atomic E-state index is 8.52. The molecule has 68 valence electrons. The lowest BCUT2D eigenvalue weighted by Gasteiger charge is -2.08. The molecule has 1 unspecified atom stereocenters. The number of aliphatic hydroxyl groups is 2. The smallest absolute Gasteiger partial charge is 0.0521 e. The molecule has 2 N–H and O–H groups in total. The van der Waals surface area contributed by atoms with Gasteiger partial charge in [-0.15, -0.1) is 0 Å². The fourth-order valence-electron chi connectivity index (χ4n) is 0.616. The Morgan fingerprint density at radius 2 is 1.82 bits per heavy atom. The van der Waals surface area contributed by atoms with Crippen LogP contribution in [0.15, 0.2) is 0 Å². The summed E-state index contributed by atoms with van der Waals surface area (Å²) in [5, 5.41) is 17.6. The molecule has 0 aliphatic carbocycles. The third kappa shape index (κ3) is 8.53. The molecule has 0 amide bonds. The minimum absolute atomic E-state index is 0.264. The summed E-state index contributed by atoms with van der Waals surface area (Å²) in [7, 11) is 0. The first-order chi connectivity index (χ1) is 5.31. The molecule has 0 spiro atoms. The SMILES string of the molecule is CC(CSCCO)SCCO. The number of thioether (sulfide) groups is 2. The topological polar surface area (TPSA) is 40.5 Å². The highest BCUT2D eigenvalue weighted by molar-refractivity contribution is 8.03. The normalized spacial score (nSPS) is 13.4. The lowest BCUT2D eigenvalue weighted by Crippen LogP contribution is -2.04. The molecule has 0 saturated heterocycles. The summed E-state index contributed by atoms with van der Waals surface area (Å²) in [5.74, 6) is 2.70. The van der Waals surface area contributed by atoms with E-state index in [0.29, 0.717) is 5.25 Å².